The highest BCUT2D eigenvalue weighted by molar-refractivity contribution is 5.97. The summed E-state index contributed by atoms with van der Waals surface area (Å²) in [5.74, 6) is -0.694. The molecule has 1 aromatic rings. The maximum Gasteiger partial charge on any atom is 0.293 e. The quantitative estimate of drug-likeness (QED) is 0.422. The number of amides is 1. The van der Waals surface area contributed by atoms with E-state index in [1.807, 2.05) is 0 Å². The van der Waals surface area contributed by atoms with Crippen molar-refractivity contribution in [1.29, 1.82) is 0 Å². The van der Waals surface area contributed by atoms with Gasteiger partial charge in [0, 0.05) is 12.1 Å². The first-order valence-corrected chi connectivity index (χ1v) is 3.89. The molecule has 0 aliphatic carbocycles. The van der Waals surface area contributed by atoms with Crippen LogP contribution < -0.4 is 16.2 Å². The lowest BCUT2D eigenvalue weighted by Gasteiger charge is -2.06. The molecular formula is C8H9N3O4. The maximum absolute atomic E-state index is 10.9. The monoisotopic (exact) mass is 211 g/mol. The first kappa shape index (κ1) is 10.8. The number of nitro benzene ring substituents is 1. The predicted molar refractivity (Wildman–Crippen MR) is 52.6 cm³/mol. The van der Waals surface area contributed by atoms with Crippen molar-refractivity contribution in [2.24, 2.45) is 5.73 Å². The Morgan fingerprint density at radius 1 is 1.53 bits per heavy atom. The fourth-order valence-electron chi connectivity index (χ4n) is 1.10. The first-order valence-electron chi connectivity index (χ1n) is 3.89. The van der Waals surface area contributed by atoms with Crippen molar-refractivity contribution in [3.05, 3.63) is 27.8 Å². The van der Waals surface area contributed by atoms with Crippen LogP contribution >= 0.6 is 0 Å². The van der Waals surface area contributed by atoms with Gasteiger partial charge in [-0.15, -0.1) is 0 Å². The molecule has 15 heavy (non-hydrogen) atoms. The maximum atomic E-state index is 10.9. The molecule has 0 spiro atoms. The van der Waals surface area contributed by atoms with Crippen molar-refractivity contribution >= 4 is 17.3 Å². The molecule has 4 N–H and O–H groups in total. The zero-order valence-electron chi connectivity index (χ0n) is 7.89. The summed E-state index contributed by atoms with van der Waals surface area (Å²) in [4.78, 5) is 20.8. The molecule has 0 saturated carbocycles. The summed E-state index contributed by atoms with van der Waals surface area (Å²) in [7, 11) is 1.31. The average Bonchev–Trinajstić information content (AvgIpc) is 2.16. The van der Waals surface area contributed by atoms with Gasteiger partial charge >= 0.3 is 0 Å². The van der Waals surface area contributed by atoms with Crippen molar-refractivity contribution in [1.82, 2.24) is 0 Å². The number of anilines is 1. The highest BCUT2D eigenvalue weighted by atomic mass is 16.6. The van der Waals surface area contributed by atoms with E-state index in [1.54, 1.807) is 0 Å². The summed E-state index contributed by atoms with van der Waals surface area (Å²) in [5, 5.41) is 10.5. The molecular weight excluding hydrogens is 202 g/mol. The topological polar surface area (TPSA) is 121 Å². The summed E-state index contributed by atoms with van der Waals surface area (Å²) >= 11 is 0. The molecule has 0 heterocycles. The first-order chi connectivity index (χ1) is 6.97. The minimum atomic E-state index is -0.810. The average molecular weight is 211 g/mol. The number of benzene rings is 1. The minimum absolute atomic E-state index is 0.0709. The van der Waals surface area contributed by atoms with E-state index in [4.69, 9.17) is 16.2 Å². The van der Waals surface area contributed by atoms with Crippen molar-refractivity contribution in [3.8, 4) is 5.75 Å². The van der Waals surface area contributed by atoms with Crippen LogP contribution in [0.2, 0.25) is 0 Å². The molecule has 7 heteroatoms. The van der Waals surface area contributed by atoms with E-state index in [1.165, 1.54) is 13.2 Å². The lowest BCUT2D eigenvalue weighted by atomic mass is 10.1. The molecule has 80 valence electrons. The highest BCUT2D eigenvalue weighted by Gasteiger charge is 2.19. The van der Waals surface area contributed by atoms with Crippen LogP contribution in [0.4, 0.5) is 11.4 Å². The Balaban J connectivity index is 3.43. The van der Waals surface area contributed by atoms with Crippen LogP contribution in [-0.4, -0.2) is 17.9 Å². The molecule has 7 nitrogen and oxygen atoms in total. The van der Waals surface area contributed by atoms with E-state index in [0.717, 1.165) is 6.07 Å². The second-order valence-electron chi connectivity index (χ2n) is 2.73. The van der Waals surface area contributed by atoms with Crippen LogP contribution in [0, 0.1) is 10.1 Å². The number of nitrogens with two attached hydrogens (primary N) is 2. The molecule has 0 atom stereocenters. The lowest BCUT2D eigenvalue weighted by molar-refractivity contribution is -0.383. The van der Waals surface area contributed by atoms with Gasteiger partial charge in [0.1, 0.15) is 11.4 Å². The molecule has 1 rings (SSSR count). The number of nitrogen functional groups attached to an aromatic ring is 1. The summed E-state index contributed by atoms with van der Waals surface area (Å²) in [6.07, 6.45) is 0. The fourth-order valence-corrected chi connectivity index (χ4v) is 1.10. The largest absolute Gasteiger partial charge is 0.496 e. The standard InChI is InChI=1S/C8H9N3O4/c1-15-7-3-5(9)6(11(13)14)2-4(7)8(10)12/h2-3H,9H2,1H3,(H2,10,12). The Bertz CT molecular complexity index is 430. The van der Waals surface area contributed by atoms with Gasteiger partial charge < -0.3 is 16.2 Å². The Labute approximate surface area is 84.8 Å². The van der Waals surface area contributed by atoms with Crippen LogP contribution in [0.5, 0.6) is 5.75 Å². The number of nitro groups is 1. The number of ether oxygens (including phenoxy) is 1. The van der Waals surface area contributed by atoms with Gasteiger partial charge in [0.15, 0.2) is 0 Å². The molecule has 0 unspecified atom stereocenters. The van der Waals surface area contributed by atoms with E-state index in [2.05, 4.69) is 0 Å². The zero-order chi connectivity index (χ0) is 11.6. The van der Waals surface area contributed by atoms with Crippen molar-refractivity contribution in [3.63, 3.8) is 0 Å². The molecule has 0 aromatic heterocycles. The number of carbonyl (C=O) groups is 1. The number of hydrogen-bond acceptors (Lipinski definition) is 5. The Hall–Kier alpha value is -2.31. The third kappa shape index (κ3) is 1.96. The van der Waals surface area contributed by atoms with Crippen LogP contribution in [0.3, 0.4) is 0 Å². The molecule has 0 saturated heterocycles. The third-order valence-electron chi connectivity index (χ3n) is 1.81. The van der Waals surface area contributed by atoms with Crippen molar-refractivity contribution < 1.29 is 14.5 Å². The van der Waals surface area contributed by atoms with Crippen LogP contribution in [0.1, 0.15) is 10.4 Å². The Morgan fingerprint density at radius 2 is 2.13 bits per heavy atom. The summed E-state index contributed by atoms with van der Waals surface area (Å²) in [6, 6.07) is 2.19. The third-order valence-corrected chi connectivity index (χ3v) is 1.81. The van der Waals surface area contributed by atoms with Crippen molar-refractivity contribution in [2.75, 3.05) is 12.8 Å². The molecule has 0 radical (unpaired) electrons. The number of primary amides is 1. The van der Waals surface area contributed by atoms with Gasteiger partial charge in [0.25, 0.3) is 11.6 Å². The molecule has 0 fully saturated rings. The molecule has 0 aliphatic rings. The molecule has 0 bridgehead atoms. The van der Waals surface area contributed by atoms with Crippen LogP contribution in [-0.2, 0) is 0 Å². The molecule has 0 aliphatic heterocycles. The van der Waals surface area contributed by atoms with Crippen LogP contribution in [0.15, 0.2) is 12.1 Å². The summed E-state index contributed by atoms with van der Waals surface area (Å²) < 4.78 is 4.82. The number of nitrogens with zero attached hydrogens (tertiary/aromatic N) is 1. The SMILES string of the molecule is COc1cc(N)c([N+](=O)[O-])cc1C(N)=O. The zero-order valence-corrected chi connectivity index (χ0v) is 7.89. The van der Waals surface area contributed by atoms with Gasteiger partial charge in [0.2, 0.25) is 0 Å². The van der Waals surface area contributed by atoms with Gasteiger partial charge in [-0.2, -0.15) is 0 Å². The van der Waals surface area contributed by atoms with Gasteiger partial charge in [-0.1, -0.05) is 0 Å². The summed E-state index contributed by atoms with van der Waals surface area (Å²) in [5.41, 5.74) is 9.90. The van der Waals surface area contributed by atoms with Crippen molar-refractivity contribution in [2.45, 2.75) is 0 Å². The van der Waals surface area contributed by atoms with Gasteiger partial charge in [0.05, 0.1) is 17.6 Å². The Kier molecular flexibility index (Phi) is 2.75. The fraction of sp³-hybridized carbons (Fsp3) is 0.125. The predicted octanol–water partition coefficient (Wildman–Crippen LogP) is 0.285. The van der Waals surface area contributed by atoms with Crippen LogP contribution in [0.25, 0.3) is 0 Å². The number of hydrogen-bond donors (Lipinski definition) is 2. The number of carbonyl (C=O) groups excluding carboxylic acids is 1. The molecule has 1 aromatic carbocycles. The summed E-state index contributed by atoms with van der Waals surface area (Å²) in [6.45, 7) is 0. The van der Waals surface area contributed by atoms with E-state index >= 15 is 0 Å². The highest BCUT2D eigenvalue weighted by Crippen LogP contribution is 2.30. The van der Waals surface area contributed by atoms with E-state index in [-0.39, 0.29) is 22.7 Å². The second kappa shape index (κ2) is 3.82. The van der Waals surface area contributed by atoms with Gasteiger partial charge in [-0.3, -0.25) is 14.9 Å². The van der Waals surface area contributed by atoms with E-state index in [0.29, 0.717) is 0 Å². The minimum Gasteiger partial charge on any atom is -0.496 e. The Morgan fingerprint density at radius 3 is 2.53 bits per heavy atom. The van der Waals surface area contributed by atoms with E-state index < -0.39 is 10.8 Å². The number of rotatable bonds is 3. The van der Waals surface area contributed by atoms with Gasteiger partial charge in [-0.05, 0) is 0 Å². The molecule has 1 amide bonds. The lowest BCUT2D eigenvalue weighted by Crippen LogP contribution is -2.13. The second-order valence-corrected chi connectivity index (χ2v) is 2.73. The van der Waals surface area contributed by atoms with Gasteiger partial charge in [-0.25, -0.2) is 0 Å². The normalized spacial score (nSPS) is 9.67. The van der Waals surface area contributed by atoms with E-state index in [9.17, 15) is 14.9 Å². The smallest absolute Gasteiger partial charge is 0.293 e. The number of methoxy groups -OCH3 is 1.